The molecule has 0 radical (unpaired) electrons. The van der Waals surface area contributed by atoms with Crippen LogP contribution in [0.2, 0.25) is 0 Å². The summed E-state index contributed by atoms with van der Waals surface area (Å²) in [4.78, 5) is 4.77. The van der Waals surface area contributed by atoms with Gasteiger partial charge in [0.25, 0.3) is 0 Å². The van der Waals surface area contributed by atoms with Crippen LogP contribution in [0.25, 0.3) is 56.3 Å². The van der Waals surface area contributed by atoms with Crippen LogP contribution in [0.5, 0.6) is 5.75 Å². The molecule has 11 rings (SSSR count). The van der Waals surface area contributed by atoms with Gasteiger partial charge in [-0.3, -0.25) is 4.90 Å². The fourth-order valence-corrected chi connectivity index (χ4v) is 9.91. The zero-order chi connectivity index (χ0) is 44.9. The molecule has 0 saturated carbocycles. The maximum Gasteiger partial charge on any atom is 0.168 e. The van der Waals surface area contributed by atoms with Crippen molar-refractivity contribution in [3.63, 3.8) is 0 Å². The van der Waals surface area contributed by atoms with Crippen LogP contribution in [0.15, 0.2) is 163 Å². The van der Waals surface area contributed by atoms with E-state index in [9.17, 15) is 0 Å². The van der Waals surface area contributed by atoms with E-state index in [4.69, 9.17) is 9.15 Å². The lowest BCUT2D eigenvalue weighted by Crippen LogP contribution is -2.15. The van der Waals surface area contributed by atoms with Crippen molar-refractivity contribution >= 4 is 90.4 Å². The Labute approximate surface area is 388 Å². The van der Waals surface area contributed by atoms with Gasteiger partial charge in [-0.05, 0) is 136 Å². The fraction of sp³-hybridized carbons (Fsp3) is 0.161. The number of allylic oxidation sites excluding steroid dienone is 7. The quantitative estimate of drug-likeness (QED) is 0.142. The molecule has 2 aliphatic carbocycles. The minimum absolute atomic E-state index is 0.402. The van der Waals surface area contributed by atoms with Gasteiger partial charge in [-0.15, -0.1) is 0 Å². The molecule has 1 aliphatic heterocycles. The molecule has 3 aliphatic rings. The SMILES string of the molecule is C=C1/C=C\C=C/COc2c1cccc2N(c1ccc(C(C)C)cc1)c1cc2c3c(c(N(c4ccc(C(C)C)cc4)c4c#ccc5c6c(oc45)C=CCC=C6)cc2c2ccccc12)CCC=C3. The highest BCUT2D eigenvalue weighted by molar-refractivity contribution is 6.18. The molecule has 0 amide bonds. The second-order valence-electron chi connectivity index (χ2n) is 18.1. The molecule has 4 nitrogen and oxygen atoms in total. The Morgan fingerprint density at radius 1 is 0.606 bits per heavy atom. The van der Waals surface area contributed by atoms with E-state index in [2.05, 4.69) is 202 Å². The molecule has 322 valence electrons. The highest BCUT2D eigenvalue weighted by Gasteiger charge is 2.29. The Morgan fingerprint density at radius 3 is 2.09 bits per heavy atom. The minimum Gasteiger partial charge on any atom is -0.487 e. The number of rotatable bonds is 8. The Hall–Kier alpha value is -7.74. The van der Waals surface area contributed by atoms with Crippen molar-refractivity contribution in [2.45, 2.75) is 58.8 Å². The molecule has 0 saturated heterocycles. The molecule has 0 atom stereocenters. The van der Waals surface area contributed by atoms with Crippen molar-refractivity contribution < 1.29 is 9.15 Å². The third-order valence-corrected chi connectivity index (χ3v) is 13.4. The second-order valence-corrected chi connectivity index (χ2v) is 18.1. The second kappa shape index (κ2) is 17.0. The average molecular weight is 857 g/mol. The van der Waals surface area contributed by atoms with Gasteiger partial charge in [-0.2, -0.15) is 0 Å². The van der Waals surface area contributed by atoms with E-state index in [0.717, 1.165) is 103 Å². The fourth-order valence-electron chi connectivity index (χ4n) is 9.91. The Morgan fingerprint density at radius 2 is 1.32 bits per heavy atom. The summed E-state index contributed by atoms with van der Waals surface area (Å²) in [6.07, 6.45) is 24.2. The number of furan rings is 1. The summed E-state index contributed by atoms with van der Waals surface area (Å²) in [6, 6.07) is 47.2. The van der Waals surface area contributed by atoms with Crippen LogP contribution in [0.3, 0.4) is 0 Å². The van der Waals surface area contributed by atoms with E-state index in [1.807, 2.05) is 24.3 Å². The third-order valence-electron chi connectivity index (χ3n) is 13.4. The molecule has 8 aromatic rings. The normalized spacial score (nSPS) is 15.1. The number of anilines is 6. The van der Waals surface area contributed by atoms with E-state index >= 15 is 0 Å². The standard InChI is InChI=1S/C62H52N2O2/c1-40(2)43-29-33-45(34-30-43)63(56-26-16-24-47-42(5)18-8-7-15-37-65-61(47)56)58-38-54-49-20-12-14-22-51(49)59(39-55(54)48-19-11-13-21-50(48)58)64(46-35-31-44(32-36-46)41(3)4)57-27-17-25-53-52-23-9-6-10-28-60(52)66-62(53)57/h7-13,15-16,18-21,23-26,28-36,38-41H,5-6,14,22,37H2,1-4H3/b15-7-,18-8-. The van der Waals surface area contributed by atoms with E-state index < -0.39 is 0 Å². The van der Waals surface area contributed by atoms with E-state index in [0.29, 0.717) is 18.4 Å². The van der Waals surface area contributed by atoms with Crippen molar-refractivity contribution in [3.05, 3.63) is 210 Å². The van der Waals surface area contributed by atoms with Crippen LogP contribution in [0.1, 0.15) is 91.5 Å². The molecule has 0 fully saturated rings. The number of benzene rings is 6. The maximum absolute atomic E-state index is 6.83. The predicted molar refractivity (Wildman–Crippen MR) is 279 cm³/mol. The van der Waals surface area contributed by atoms with Gasteiger partial charge >= 0.3 is 0 Å². The minimum atomic E-state index is 0.402. The molecule has 4 heteroatoms. The van der Waals surface area contributed by atoms with Crippen LogP contribution in [-0.2, 0) is 6.42 Å². The molecule has 0 bridgehead atoms. The predicted octanol–water partition coefficient (Wildman–Crippen LogP) is 17.4. The Bertz CT molecular complexity index is 3350. The van der Waals surface area contributed by atoms with Crippen LogP contribution >= 0.6 is 0 Å². The molecular weight excluding hydrogens is 805 g/mol. The largest absolute Gasteiger partial charge is 0.487 e. The van der Waals surface area contributed by atoms with Crippen LogP contribution in [0, 0.1) is 12.1 Å². The third kappa shape index (κ3) is 7.13. The lowest BCUT2D eigenvalue weighted by molar-refractivity contribution is 0.363. The first-order valence-corrected chi connectivity index (χ1v) is 23.3. The highest BCUT2D eigenvalue weighted by atomic mass is 16.5. The molecule has 7 aromatic carbocycles. The maximum atomic E-state index is 6.83. The van der Waals surface area contributed by atoms with Crippen molar-refractivity contribution in [1.29, 1.82) is 0 Å². The van der Waals surface area contributed by atoms with Gasteiger partial charge in [-0.25, -0.2) is 0 Å². The van der Waals surface area contributed by atoms with Crippen LogP contribution in [-0.4, -0.2) is 6.61 Å². The number of nitrogens with zero attached hydrogens (tertiary/aromatic N) is 2. The Kier molecular flexibility index (Phi) is 10.6. The van der Waals surface area contributed by atoms with E-state index in [1.54, 1.807) is 0 Å². The highest BCUT2D eigenvalue weighted by Crippen LogP contribution is 2.51. The van der Waals surface area contributed by atoms with Crippen LogP contribution in [0.4, 0.5) is 34.1 Å². The number of fused-ring (bicyclic) bond motifs is 9. The molecular formula is C62H52N2O2. The lowest BCUT2D eigenvalue weighted by Gasteiger charge is -2.32. The topological polar surface area (TPSA) is 28.9 Å². The van der Waals surface area contributed by atoms with Crippen molar-refractivity contribution in [3.8, 4) is 5.75 Å². The lowest BCUT2D eigenvalue weighted by atomic mass is 9.87. The summed E-state index contributed by atoms with van der Waals surface area (Å²) in [5, 5.41) is 5.68. The summed E-state index contributed by atoms with van der Waals surface area (Å²) in [5.41, 5.74) is 14.9. The number of hydrogen-bond acceptors (Lipinski definition) is 4. The van der Waals surface area contributed by atoms with Gasteiger partial charge in [0, 0.05) is 39.3 Å². The van der Waals surface area contributed by atoms with Crippen molar-refractivity contribution in [2.24, 2.45) is 0 Å². The first kappa shape index (κ1) is 41.0. The smallest absolute Gasteiger partial charge is 0.168 e. The van der Waals surface area contributed by atoms with Gasteiger partial charge in [0.15, 0.2) is 11.3 Å². The molecule has 0 spiro atoms. The molecule has 2 heterocycles. The summed E-state index contributed by atoms with van der Waals surface area (Å²) in [5.74, 6) is 2.47. The van der Waals surface area contributed by atoms with Gasteiger partial charge in [-0.1, -0.05) is 150 Å². The summed E-state index contributed by atoms with van der Waals surface area (Å²) >= 11 is 0. The Balaban J connectivity index is 1.20. The molecule has 1 aromatic heterocycles. The number of ether oxygens (including phenoxy) is 1. The van der Waals surface area contributed by atoms with Crippen molar-refractivity contribution in [1.82, 2.24) is 0 Å². The summed E-state index contributed by atoms with van der Waals surface area (Å²) < 4.78 is 13.6. The van der Waals surface area contributed by atoms with Gasteiger partial charge in [0.1, 0.15) is 18.1 Å². The van der Waals surface area contributed by atoms with Gasteiger partial charge in [0.2, 0.25) is 0 Å². The van der Waals surface area contributed by atoms with Gasteiger partial charge in [0.05, 0.1) is 17.1 Å². The number of hydrogen-bond donors (Lipinski definition) is 0. The first-order chi connectivity index (χ1) is 32.3. The first-order valence-electron chi connectivity index (χ1n) is 23.3. The van der Waals surface area contributed by atoms with Crippen LogP contribution < -0.4 is 14.5 Å². The summed E-state index contributed by atoms with van der Waals surface area (Å²) in [6.45, 7) is 13.9. The van der Waals surface area contributed by atoms with E-state index in [-0.39, 0.29) is 0 Å². The zero-order valence-corrected chi connectivity index (χ0v) is 38.1. The van der Waals surface area contributed by atoms with E-state index in [1.165, 1.54) is 33.0 Å². The summed E-state index contributed by atoms with van der Waals surface area (Å²) in [7, 11) is 0. The van der Waals surface area contributed by atoms with Crippen molar-refractivity contribution in [2.75, 3.05) is 16.4 Å². The molecule has 0 unspecified atom stereocenters. The number of para-hydroxylation sites is 1. The average Bonchev–Trinajstić information content (AvgIpc) is 3.59. The van der Waals surface area contributed by atoms with Gasteiger partial charge < -0.3 is 14.1 Å². The molecule has 0 N–H and O–H groups in total. The zero-order valence-electron chi connectivity index (χ0n) is 38.1. The molecule has 66 heavy (non-hydrogen) atoms. The monoisotopic (exact) mass is 856 g/mol.